The number of anilines is 2. The Morgan fingerprint density at radius 1 is 0.792 bits per heavy atom. The summed E-state index contributed by atoms with van der Waals surface area (Å²) in [7, 11) is 0. The van der Waals surface area contributed by atoms with E-state index in [0.29, 0.717) is 22.7 Å². The molecule has 0 aliphatic heterocycles. The summed E-state index contributed by atoms with van der Waals surface area (Å²) in [6.45, 7) is 0. The molecule has 2 aromatic carbocycles. The van der Waals surface area contributed by atoms with E-state index in [1.165, 1.54) is 11.5 Å². The summed E-state index contributed by atoms with van der Waals surface area (Å²) in [4.78, 5) is 8.81. The fourth-order valence-electron chi connectivity index (χ4n) is 2.13. The van der Waals surface area contributed by atoms with Crippen molar-refractivity contribution in [2.75, 3.05) is 10.9 Å². The molecule has 4 aromatic rings. The van der Waals surface area contributed by atoms with Crippen molar-refractivity contribution in [2.45, 2.75) is 0 Å². The van der Waals surface area contributed by atoms with Crippen LogP contribution in [0, 0.1) is 0 Å². The molecular weight excluding hydrogens is 322 g/mol. The molecule has 2 aromatic heterocycles. The van der Waals surface area contributed by atoms with Gasteiger partial charge in [-0.3, -0.25) is 16.0 Å². The van der Waals surface area contributed by atoms with E-state index in [4.69, 9.17) is 0 Å². The molecule has 0 saturated heterocycles. The van der Waals surface area contributed by atoms with Crippen LogP contribution >= 0.6 is 11.5 Å². The zero-order valence-corrected chi connectivity index (χ0v) is 13.3. The van der Waals surface area contributed by atoms with Crippen LogP contribution in [0.25, 0.3) is 22.8 Å². The quantitative estimate of drug-likeness (QED) is 0.484. The maximum atomic E-state index is 4.43. The highest BCUT2D eigenvalue weighted by Gasteiger charge is 2.08. The van der Waals surface area contributed by atoms with Gasteiger partial charge in [0.15, 0.2) is 11.6 Å². The minimum absolute atomic E-state index is 0.435. The standard InChI is InChI=1S/C16H13N7S/c1-3-7-11(8-4-1)13-17-15(20-19-13)21-22-16-18-14(23-24-16)12-9-5-2-6-10-12/h1-10H,(H,18,22,23)(H2,17,19,20,21). The van der Waals surface area contributed by atoms with E-state index < -0.39 is 0 Å². The molecule has 0 fully saturated rings. The molecule has 0 saturated carbocycles. The van der Waals surface area contributed by atoms with Crippen molar-refractivity contribution < 1.29 is 0 Å². The first kappa shape index (κ1) is 14.3. The smallest absolute Gasteiger partial charge is 0.261 e. The van der Waals surface area contributed by atoms with E-state index in [9.17, 15) is 0 Å². The van der Waals surface area contributed by atoms with Crippen molar-refractivity contribution in [3.8, 4) is 22.8 Å². The van der Waals surface area contributed by atoms with E-state index in [1.54, 1.807) is 0 Å². The molecular formula is C16H13N7S. The van der Waals surface area contributed by atoms with Crippen molar-refractivity contribution in [1.29, 1.82) is 0 Å². The zero-order valence-electron chi connectivity index (χ0n) is 12.5. The number of aromatic nitrogens is 5. The molecule has 0 unspecified atom stereocenters. The van der Waals surface area contributed by atoms with Gasteiger partial charge in [0.25, 0.3) is 5.95 Å². The predicted octanol–water partition coefficient (Wildman–Crippen LogP) is 3.43. The van der Waals surface area contributed by atoms with Crippen LogP contribution < -0.4 is 10.9 Å². The first-order valence-corrected chi connectivity index (χ1v) is 8.05. The number of H-pyrrole nitrogens is 1. The Kier molecular flexibility index (Phi) is 3.86. The third kappa shape index (κ3) is 3.08. The van der Waals surface area contributed by atoms with Crippen molar-refractivity contribution in [3.63, 3.8) is 0 Å². The molecule has 118 valence electrons. The van der Waals surface area contributed by atoms with Crippen LogP contribution in [0.15, 0.2) is 60.7 Å². The van der Waals surface area contributed by atoms with Gasteiger partial charge in [0.05, 0.1) is 0 Å². The monoisotopic (exact) mass is 335 g/mol. The highest BCUT2D eigenvalue weighted by atomic mass is 32.1. The number of aromatic amines is 1. The Labute approximate surface area is 142 Å². The lowest BCUT2D eigenvalue weighted by atomic mass is 10.2. The molecule has 0 amide bonds. The molecule has 0 spiro atoms. The van der Waals surface area contributed by atoms with Gasteiger partial charge in [0, 0.05) is 22.7 Å². The van der Waals surface area contributed by atoms with Crippen molar-refractivity contribution >= 4 is 22.6 Å². The van der Waals surface area contributed by atoms with Gasteiger partial charge < -0.3 is 0 Å². The summed E-state index contributed by atoms with van der Waals surface area (Å²) in [5.74, 6) is 1.82. The van der Waals surface area contributed by atoms with Crippen molar-refractivity contribution in [2.24, 2.45) is 0 Å². The SMILES string of the molecule is c1ccc(-c2nsc(NNc3n[nH]c(-c4ccccc4)n3)n2)cc1. The molecule has 2 heterocycles. The number of nitrogens with zero attached hydrogens (tertiary/aromatic N) is 4. The summed E-state index contributed by atoms with van der Waals surface area (Å²) in [6, 6.07) is 19.6. The van der Waals surface area contributed by atoms with E-state index in [2.05, 4.69) is 35.4 Å². The molecule has 24 heavy (non-hydrogen) atoms. The number of hydrogen-bond acceptors (Lipinski definition) is 7. The lowest BCUT2D eigenvalue weighted by Crippen LogP contribution is -2.09. The molecule has 4 rings (SSSR count). The zero-order chi connectivity index (χ0) is 16.2. The average molecular weight is 335 g/mol. The van der Waals surface area contributed by atoms with Crippen LogP contribution in [0.2, 0.25) is 0 Å². The molecule has 0 radical (unpaired) electrons. The number of rotatable bonds is 5. The molecule has 8 heteroatoms. The Hall–Kier alpha value is -3.26. The molecule has 0 aliphatic carbocycles. The molecule has 7 nitrogen and oxygen atoms in total. The minimum Gasteiger partial charge on any atom is -0.272 e. The van der Waals surface area contributed by atoms with E-state index in [-0.39, 0.29) is 0 Å². The number of nitrogens with one attached hydrogen (secondary N) is 3. The Morgan fingerprint density at radius 2 is 1.50 bits per heavy atom. The molecule has 0 atom stereocenters. The second kappa shape index (κ2) is 6.47. The third-order valence-electron chi connectivity index (χ3n) is 3.27. The number of hydrazine groups is 1. The topological polar surface area (TPSA) is 91.4 Å². The lowest BCUT2D eigenvalue weighted by molar-refractivity contribution is 1.09. The van der Waals surface area contributed by atoms with Gasteiger partial charge in [0.2, 0.25) is 5.13 Å². The van der Waals surface area contributed by atoms with Gasteiger partial charge in [0.1, 0.15) is 0 Å². The first-order valence-electron chi connectivity index (χ1n) is 7.27. The second-order valence-electron chi connectivity index (χ2n) is 4.91. The Bertz CT molecular complexity index is 840. The first-order chi connectivity index (χ1) is 11.9. The van der Waals surface area contributed by atoms with Crippen LogP contribution in [-0.4, -0.2) is 24.5 Å². The predicted molar refractivity (Wildman–Crippen MR) is 94.4 cm³/mol. The summed E-state index contributed by atoms with van der Waals surface area (Å²) in [5.41, 5.74) is 7.84. The Morgan fingerprint density at radius 3 is 2.25 bits per heavy atom. The van der Waals surface area contributed by atoms with E-state index >= 15 is 0 Å². The summed E-state index contributed by atoms with van der Waals surface area (Å²) >= 11 is 1.27. The Balaban J connectivity index is 1.43. The lowest BCUT2D eigenvalue weighted by Gasteiger charge is -2.00. The third-order valence-corrected chi connectivity index (χ3v) is 3.90. The summed E-state index contributed by atoms with van der Waals surface area (Å²) in [6.07, 6.45) is 0. The van der Waals surface area contributed by atoms with Crippen LogP contribution in [0.5, 0.6) is 0 Å². The number of hydrogen-bond donors (Lipinski definition) is 3. The van der Waals surface area contributed by atoms with Gasteiger partial charge in [-0.05, 0) is 0 Å². The van der Waals surface area contributed by atoms with E-state index in [1.807, 2.05) is 60.7 Å². The van der Waals surface area contributed by atoms with Crippen LogP contribution in [0.4, 0.5) is 11.1 Å². The molecule has 3 N–H and O–H groups in total. The van der Waals surface area contributed by atoms with Gasteiger partial charge >= 0.3 is 0 Å². The van der Waals surface area contributed by atoms with Gasteiger partial charge in [-0.2, -0.15) is 14.3 Å². The van der Waals surface area contributed by atoms with Gasteiger partial charge in [-0.25, -0.2) is 0 Å². The fourth-order valence-corrected chi connectivity index (χ4v) is 2.67. The largest absolute Gasteiger partial charge is 0.272 e. The maximum Gasteiger partial charge on any atom is 0.261 e. The highest BCUT2D eigenvalue weighted by Crippen LogP contribution is 2.21. The van der Waals surface area contributed by atoms with Crippen LogP contribution in [-0.2, 0) is 0 Å². The van der Waals surface area contributed by atoms with Gasteiger partial charge in [-0.1, -0.05) is 60.7 Å². The highest BCUT2D eigenvalue weighted by molar-refractivity contribution is 7.09. The van der Waals surface area contributed by atoms with Crippen molar-refractivity contribution in [1.82, 2.24) is 24.5 Å². The minimum atomic E-state index is 0.435. The summed E-state index contributed by atoms with van der Waals surface area (Å²) in [5, 5.41) is 7.65. The molecule has 0 bridgehead atoms. The second-order valence-corrected chi connectivity index (χ2v) is 5.66. The van der Waals surface area contributed by atoms with Crippen LogP contribution in [0.1, 0.15) is 0 Å². The number of benzene rings is 2. The van der Waals surface area contributed by atoms with E-state index in [0.717, 1.165) is 11.1 Å². The normalized spacial score (nSPS) is 10.5. The molecule has 0 aliphatic rings. The maximum absolute atomic E-state index is 4.43. The summed E-state index contributed by atoms with van der Waals surface area (Å²) < 4.78 is 4.33. The van der Waals surface area contributed by atoms with Crippen LogP contribution in [0.3, 0.4) is 0 Å². The van der Waals surface area contributed by atoms with Gasteiger partial charge in [-0.15, -0.1) is 5.10 Å². The average Bonchev–Trinajstić information content (AvgIpc) is 3.31. The van der Waals surface area contributed by atoms with Crippen molar-refractivity contribution in [3.05, 3.63) is 60.7 Å². The fraction of sp³-hybridized carbons (Fsp3) is 0.